The smallest absolute Gasteiger partial charge is 0.408 e. The van der Waals surface area contributed by atoms with Gasteiger partial charge in [0.1, 0.15) is 66.3 Å². The highest BCUT2D eigenvalue weighted by Gasteiger charge is 2.41. The number of nitrogens with zero attached hydrogens (tertiary/aromatic N) is 1. The first-order valence-electron chi connectivity index (χ1n) is 27.7. The number of ether oxygens (including phenoxy) is 3. The van der Waals surface area contributed by atoms with Crippen LogP contribution in [0.5, 0.6) is 0 Å². The monoisotopic (exact) mass is 1150 g/mol. The zero-order valence-electron chi connectivity index (χ0n) is 49.2. The van der Waals surface area contributed by atoms with Gasteiger partial charge in [-0.1, -0.05) is 105 Å². The number of esters is 1. The molecule has 0 saturated carbocycles. The van der Waals surface area contributed by atoms with E-state index in [9.17, 15) is 58.1 Å². The molecule has 0 aliphatic carbocycles. The van der Waals surface area contributed by atoms with Crippen LogP contribution in [0.3, 0.4) is 0 Å². The molecule has 3 rings (SSSR count). The molecule has 9 amide bonds. The van der Waals surface area contributed by atoms with Gasteiger partial charge in [0.25, 0.3) is 11.6 Å². The predicted octanol–water partition coefficient (Wildman–Crippen LogP) is 4.02. The number of benzene rings is 2. The molecule has 0 bridgehead atoms. The SMILES string of the molecule is C/C=C1\NC(=O)[C@H](Cc2ccccc2)NC(=O)[C@@H](C(C)C)NC(=O)[C@@H]([C@@H](C)CC)NC(=O)[C@H](NC(=O)[C@H](NC(=O)[C@H](CCCNC(=O)OC(C)(C)C)NC(=O)OCc2ccc([N+](=O)[O-])cc2)[C@@H](C)CC)[C@@H](C)OC(=O)[C@H](C(C)C)NC1=O. The van der Waals surface area contributed by atoms with Crippen molar-refractivity contribution in [2.45, 2.75) is 183 Å². The topological polar surface area (TPSA) is 350 Å². The molecular weight excluding hydrogens is 1060 g/mol. The summed E-state index contributed by atoms with van der Waals surface area (Å²) in [5.41, 5.74) is -0.215. The first-order valence-corrected chi connectivity index (χ1v) is 27.7. The van der Waals surface area contributed by atoms with E-state index >= 15 is 0 Å². The van der Waals surface area contributed by atoms with Gasteiger partial charge in [-0.3, -0.25) is 43.7 Å². The third-order valence-electron chi connectivity index (χ3n) is 13.6. The lowest BCUT2D eigenvalue weighted by Gasteiger charge is -2.33. The molecule has 9 N–H and O–H groups in total. The molecule has 2 aromatic rings. The van der Waals surface area contributed by atoms with Crippen LogP contribution in [-0.4, -0.2) is 125 Å². The molecule has 1 heterocycles. The van der Waals surface area contributed by atoms with Gasteiger partial charge in [-0.2, -0.15) is 0 Å². The molecule has 10 atom stereocenters. The van der Waals surface area contributed by atoms with Crippen molar-refractivity contribution in [3.8, 4) is 0 Å². The maximum Gasteiger partial charge on any atom is 0.408 e. The number of carbonyl (C=O) groups excluding carboxylic acids is 10. The number of nitro benzene ring substituents is 1. The largest absolute Gasteiger partial charge is 0.458 e. The van der Waals surface area contributed by atoms with Gasteiger partial charge in [0, 0.05) is 25.1 Å². The van der Waals surface area contributed by atoms with Gasteiger partial charge in [0.15, 0.2) is 0 Å². The maximum atomic E-state index is 14.8. The Labute approximate surface area is 479 Å². The number of alkyl carbamates (subject to hydrolysis) is 2. The highest BCUT2D eigenvalue weighted by atomic mass is 16.6. The van der Waals surface area contributed by atoms with E-state index in [4.69, 9.17) is 14.2 Å². The summed E-state index contributed by atoms with van der Waals surface area (Å²) in [4.78, 5) is 151. The number of allylic oxidation sites excluding steroid dienone is 1. The van der Waals surface area contributed by atoms with Crippen LogP contribution in [0.4, 0.5) is 15.3 Å². The zero-order chi connectivity index (χ0) is 61.6. The van der Waals surface area contributed by atoms with E-state index in [2.05, 4.69) is 47.9 Å². The number of carbonyl (C=O) groups is 10. The Morgan fingerprint density at radius 3 is 1.91 bits per heavy atom. The minimum Gasteiger partial charge on any atom is -0.458 e. The molecule has 1 fully saturated rings. The lowest BCUT2D eigenvalue weighted by atomic mass is 9.95. The van der Waals surface area contributed by atoms with Crippen LogP contribution in [-0.2, 0) is 65.6 Å². The summed E-state index contributed by atoms with van der Waals surface area (Å²) < 4.78 is 16.5. The Bertz CT molecular complexity index is 2590. The number of rotatable bonds is 20. The molecule has 1 aliphatic heterocycles. The van der Waals surface area contributed by atoms with Crippen LogP contribution in [0.25, 0.3) is 0 Å². The lowest BCUT2D eigenvalue weighted by molar-refractivity contribution is -0.384. The second kappa shape index (κ2) is 32.4. The molecule has 0 aromatic heterocycles. The molecule has 0 radical (unpaired) electrons. The molecule has 82 heavy (non-hydrogen) atoms. The van der Waals surface area contributed by atoms with Crippen molar-refractivity contribution in [1.29, 1.82) is 0 Å². The number of cyclic esters (lactones) is 1. The highest BCUT2D eigenvalue weighted by Crippen LogP contribution is 2.18. The summed E-state index contributed by atoms with van der Waals surface area (Å²) in [5.74, 6) is -9.65. The van der Waals surface area contributed by atoms with Gasteiger partial charge in [-0.25, -0.2) is 14.4 Å². The lowest BCUT2D eigenvalue weighted by Crippen LogP contribution is -2.64. The fraction of sp³-hybridized carbons (Fsp3) is 0.579. The number of nitrogens with one attached hydrogen (secondary N) is 9. The van der Waals surface area contributed by atoms with E-state index in [1.807, 2.05) is 0 Å². The second-order valence-corrected chi connectivity index (χ2v) is 22.0. The van der Waals surface area contributed by atoms with Gasteiger partial charge in [-0.05, 0) is 94.4 Å². The molecular formula is C57H84N10O15. The van der Waals surface area contributed by atoms with Crippen LogP contribution < -0.4 is 47.9 Å². The minimum atomic E-state index is -1.81. The van der Waals surface area contributed by atoms with Gasteiger partial charge in [0.05, 0.1) is 4.92 Å². The summed E-state index contributed by atoms with van der Waals surface area (Å²) >= 11 is 0. The van der Waals surface area contributed by atoms with Gasteiger partial charge in [-0.15, -0.1) is 0 Å². The van der Waals surface area contributed by atoms with Crippen LogP contribution in [0, 0.1) is 33.8 Å². The first kappa shape index (κ1) is 68.2. The van der Waals surface area contributed by atoms with Gasteiger partial charge >= 0.3 is 18.2 Å². The van der Waals surface area contributed by atoms with Crippen molar-refractivity contribution >= 4 is 65.2 Å². The molecule has 25 nitrogen and oxygen atoms in total. The fourth-order valence-corrected chi connectivity index (χ4v) is 8.29. The quantitative estimate of drug-likeness (QED) is 0.0226. The average molecular weight is 1150 g/mol. The normalized spacial score (nSPS) is 21.7. The molecule has 1 aliphatic rings. The number of hydrogen-bond donors (Lipinski definition) is 9. The summed E-state index contributed by atoms with van der Waals surface area (Å²) in [5, 5.41) is 34.9. The number of hydrogen-bond acceptors (Lipinski definition) is 15. The van der Waals surface area contributed by atoms with Crippen molar-refractivity contribution in [2.24, 2.45) is 23.7 Å². The third-order valence-corrected chi connectivity index (χ3v) is 13.6. The van der Waals surface area contributed by atoms with E-state index in [0.29, 0.717) is 17.5 Å². The van der Waals surface area contributed by atoms with Crippen molar-refractivity contribution in [1.82, 2.24) is 47.9 Å². The second-order valence-electron chi connectivity index (χ2n) is 22.0. The van der Waals surface area contributed by atoms with E-state index in [-0.39, 0.29) is 50.2 Å². The summed E-state index contributed by atoms with van der Waals surface area (Å²) in [6.45, 7) is 20.8. The van der Waals surface area contributed by atoms with Crippen LogP contribution in [0.2, 0.25) is 0 Å². The van der Waals surface area contributed by atoms with E-state index in [1.165, 1.54) is 44.2 Å². The Balaban J connectivity index is 2.09. The van der Waals surface area contributed by atoms with Gasteiger partial charge in [0.2, 0.25) is 35.4 Å². The molecule has 2 aromatic carbocycles. The Morgan fingerprint density at radius 1 is 0.744 bits per heavy atom. The van der Waals surface area contributed by atoms with Crippen molar-refractivity contribution < 1.29 is 67.1 Å². The molecule has 0 spiro atoms. The third kappa shape index (κ3) is 21.7. The van der Waals surface area contributed by atoms with Crippen molar-refractivity contribution in [2.75, 3.05) is 6.54 Å². The maximum absolute atomic E-state index is 14.8. The predicted molar refractivity (Wildman–Crippen MR) is 301 cm³/mol. The van der Waals surface area contributed by atoms with E-state index in [1.54, 1.807) is 106 Å². The summed E-state index contributed by atoms with van der Waals surface area (Å²) in [6, 6.07) is 4.00. The molecule has 25 heteroatoms. The molecule has 0 unspecified atom stereocenters. The van der Waals surface area contributed by atoms with Crippen molar-refractivity contribution in [3.63, 3.8) is 0 Å². The Morgan fingerprint density at radius 2 is 1.35 bits per heavy atom. The summed E-state index contributed by atoms with van der Waals surface area (Å²) in [6.07, 6.45) is -1.52. The highest BCUT2D eigenvalue weighted by molar-refractivity contribution is 6.02. The van der Waals surface area contributed by atoms with Crippen LogP contribution in [0.1, 0.15) is 127 Å². The first-order chi connectivity index (χ1) is 38.5. The fourth-order valence-electron chi connectivity index (χ4n) is 8.29. The summed E-state index contributed by atoms with van der Waals surface area (Å²) in [7, 11) is 0. The van der Waals surface area contributed by atoms with E-state index in [0.717, 1.165) is 0 Å². The zero-order valence-corrected chi connectivity index (χ0v) is 49.2. The minimum absolute atomic E-state index is 0.00845. The van der Waals surface area contributed by atoms with Crippen LogP contribution in [0.15, 0.2) is 66.4 Å². The molecule has 452 valence electrons. The number of non-ortho nitro benzene ring substituents is 1. The standard InChI is InChI=1S/C57H84N10O15/c1-14-33(8)44(64-48(69)40(23-20-28-58-55(76)82-57(11,12)13)61-56(77)80-30-37-24-26-38(27-25-37)67(78)79)52(73)66-46-35(10)81-54(75)43(32(6)7)63-47(68)39(16-3)59-49(70)41(29-36-21-18-17-19-22-36)60-50(71)42(31(4)5)62-51(72)45(34(9)15-2)65-53(46)74/h16-19,21-22,24-27,31-35,40-46H,14-15,20,23,28-30H2,1-13H3,(H,58,76)(H,59,70)(H,60,71)(H,61,77)(H,62,72)(H,63,68)(H,64,69)(H,65,74)(H,66,73)/b39-16-/t33-,34-,35+,40-,41-,42+,43-,44+,45+,46+/m0/s1. The Kier molecular flexibility index (Phi) is 26.9. The van der Waals surface area contributed by atoms with Crippen LogP contribution >= 0.6 is 0 Å². The van der Waals surface area contributed by atoms with Gasteiger partial charge < -0.3 is 62.1 Å². The molecule has 1 saturated heterocycles. The van der Waals surface area contributed by atoms with E-state index < -0.39 is 142 Å². The number of nitro groups is 1. The number of amides is 9. The Hall–Kier alpha value is -8.12. The van der Waals surface area contributed by atoms with Crippen molar-refractivity contribution in [3.05, 3.63) is 87.6 Å². The average Bonchev–Trinajstić information content (AvgIpc) is 3.57.